The third-order valence-electron chi connectivity index (χ3n) is 2.77. The van der Waals surface area contributed by atoms with Crippen molar-refractivity contribution in [2.45, 2.75) is 12.4 Å². The van der Waals surface area contributed by atoms with E-state index in [2.05, 4.69) is 0 Å². The van der Waals surface area contributed by atoms with Crippen molar-refractivity contribution >= 4 is 22.6 Å². The van der Waals surface area contributed by atoms with Crippen LogP contribution >= 0.6 is 22.6 Å². The largest absolute Gasteiger partial charge is 0.417 e. The lowest BCUT2D eigenvalue weighted by Gasteiger charge is -2.15. The monoisotopic (exact) mass is 416 g/mol. The van der Waals surface area contributed by atoms with E-state index in [0.29, 0.717) is 0 Å². The van der Waals surface area contributed by atoms with Gasteiger partial charge in [-0.3, -0.25) is 0 Å². The topological polar surface area (TPSA) is 0 Å². The zero-order chi connectivity index (χ0) is 15.8. The third kappa shape index (κ3) is 3.69. The Labute approximate surface area is 129 Å². The van der Waals surface area contributed by atoms with E-state index in [1.54, 1.807) is 22.6 Å². The Hall–Kier alpha value is -1.25. The number of hydrogen-bond donors (Lipinski definition) is 0. The molecule has 0 nitrogen and oxygen atoms in total. The number of benzene rings is 2. The Morgan fingerprint density at radius 1 is 0.762 bits per heavy atom. The average Bonchev–Trinajstić information content (AvgIpc) is 2.36. The molecule has 112 valence electrons. The van der Waals surface area contributed by atoms with E-state index in [1.165, 1.54) is 18.2 Å². The van der Waals surface area contributed by atoms with Gasteiger partial charge in [0, 0.05) is 3.57 Å². The normalized spacial score (nSPS) is 12.5. The van der Waals surface area contributed by atoms with E-state index in [0.717, 1.165) is 24.3 Å². The standard InChI is InChI=1S/C14H7F6I/c15-13(16,17)9-5-8(6-10(21)7-9)11-3-1-2-4-12(11)14(18,19)20/h1-7H. The molecule has 0 aliphatic rings. The van der Waals surface area contributed by atoms with Crippen LogP contribution in [0.3, 0.4) is 0 Å². The fourth-order valence-corrected chi connectivity index (χ4v) is 2.56. The van der Waals surface area contributed by atoms with Crippen LogP contribution < -0.4 is 0 Å². The maximum atomic E-state index is 12.9. The van der Waals surface area contributed by atoms with Crippen LogP contribution in [0.25, 0.3) is 11.1 Å². The zero-order valence-electron chi connectivity index (χ0n) is 10.2. The lowest BCUT2D eigenvalue weighted by atomic mass is 9.97. The minimum Gasteiger partial charge on any atom is -0.166 e. The predicted molar refractivity (Wildman–Crippen MR) is 74.6 cm³/mol. The van der Waals surface area contributed by atoms with Crippen LogP contribution in [0.5, 0.6) is 0 Å². The fraction of sp³-hybridized carbons (Fsp3) is 0.143. The minimum atomic E-state index is -4.63. The summed E-state index contributed by atoms with van der Waals surface area (Å²) >= 11 is 1.65. The van der Waals surface area contributed by atoms with Gasteiger partial charge in [-0.25, -0.2) is 0 Å². The fourth-order valence-electron chi connectivity index (χ4n) is 1.89. The molecule has 0 heterocycles. The van der Waals surface area contributed by atoms with Crippen LogP contribution in [0.1, 0.15) is 11.1 Å². The summed E-state index contributed by atoms with van der Waals surface area (Å²) in [6, 6.07) is 7.48. The van der Waals surface area contributed by atoms with Gasteiger partial charge < -0.3 is 0 Å². The molecule has 0 radical (unpaired) electrons. The first-order chi connectivity index (χ1) is 9.59. The first-order valence-electron chi connectivity index (χ1n) is 5.63. The van der Waals surface area contributed by atoms with Crippen molar-refractivity contribution in [2.24, 2.45) is 0 Å². The molecule has 0 spiro atoms. The van der Waals surface area contributed by atoms with E-state index in [-0.39, 0.29) is 14.7 Å². The quantitative estimate of drug-likeness (QED) is 0.396. The number of halogens is 7. The average molecular weight is 416 g/mol. The van der Waals surface area contributed by atoms with Crippen molar-refractivity contribution in [2.75, 3.05) is 0 Å². The maximum Gasteiger partial charge on any atom is 0.417 e. The van der Waals surface area contributed by atoms with Crippen molar-refractivity contribution in [1.82, 2.24) is 0 Å². The maximum absolute atomic E-state index is 12.9. The summed E-state index contributed by atoms with van der Waals surface area (Å²) < 4.78 is 77.4. The SMILES string of the molecule is FC(F)(F)c1cc(I)cc(-c2ccccc2C(F)(F)F)c1. The van der Waals surface area contributed by atoms with Crippen molar-refractivity contribution in [3.05, 3.63) is 57.2 Å². The van der Waals surface area contributed by atoms with E-state index in [1.807, 2.05) is 0 Å². The molecular formula is C14H7F6I. The van der Waals surface area contributed by atoms with Crippen LogP contribution in [0.2, 0.25) is 0 Å². The second kappa shape index (κ2) is 5.51. The molecule has 0 bridgehead atoms. The predicted octanol–water partition coefficient (Wildman–Crippen LogP) is 6.00. The van der Waals surface area contributed by atoms with Crippen LogP contribution in [-0.4, -0.2) is 0 Å². The Morgan fingerprint density at radius 3 is 1.95 bits per heavy atom. The molecule has 0 aromatic heterocycles. The Balaban J connectivity index is 2.66. The highest BCUT2D eigenvalue weighted by Gasteiger charge is 2.35. The summed E-state index contributed by atoms with van der Waals surface area (Å²) in [5.74, 6) is 0. The lowest BCUT2D eigenvalue weighted by molar-refractivity contribution is -0.137. The molecule has 0 atom stereocenters. The molecule has 0 unspecified atom stereocenters. The van der Waals surface area contributed by atoms with Crippen molar-refractivity contribution in [3.8, 4) is 11.1 Å². The summed E-state index contributed by atoms with van der Waals surface area (Å²) in [5, 5.41) is 0. The van der Waals surface area contributed by atoms with Gasteiger partial charge in [0.25, 0.3) is 0 Å². The molecule has 2 rings (SSSR count). The van der Waals surface area contributed by atoms with E-state index < -0.39 is 23.5 Å². The van der Waals surface area contributed by atoms with Gasteiger partial charge in [-0.2, -0.15) is 26.3 Å². The summed E-state index contributed by atoms with van der Waals surface area (Å²) in [7, 11) is 0. The van der Waals surface area contributed by atoms with Crippen LogP contribution in [0.15, 0.2) is 42.5 Å². The first kappa shape index (κ1) is 16.1. The van der Waals surface area contributed by atoms with Crippen LogP contribution in [0, 0.1) is 3.57 Å². The smallest absolute Gasteiger partial charge is 0.166 e. The van der Waals surface area contributed by atoms with Crippen LogP contribution in [-0.2, 0) is 12.4 Å². The number of hydrogen-bond acceptors (Lipinski definition) is 0. The van der Waals surface area contributed by atoms with E-state index in [4.69, 9.17) is 0 Å². The summed E-state index contributed by atoms with van der Waals surface area (Å²) in [6.45, 7) is 0. The molecule has 7 heteroatoms. The van der Waals surface area contributed by atoms with Gasteiger partial charge in [-0.05, 0) is 58.0 Å². The van der Waals surface area contributed by atoms with Gasteiger partial charge >= 0.3 is 12.4 Å². The van der Waals surface area contributed by atoms with Crippen molar-refractivity contribution in [3.63, 3.8) is 0 Å². The third-order valence-corrected chi connectivity index (χ3v) is 3.39. The number of alkyl halides is 6. The second-order valence-electron chi connectivity index (χ2n) is 4.27. The van der Waals surface area contributed by atoms with Crippen molar-refractivity contribution < 1.29 is 26.3 Å². The van der Waals surface area contributed by atoms with E-state index in [9.17, 15) is 26.3 Å². The van der Waals surface area contributed by atoms with Gasteiger partial charge in [0.05, 0.1) is 11.1 Å². The summed E-state index contributed by atoms with van der Waals surface area (Å²) in [6.07, 6.45) is -9.24. The molecule has 0 amide bonds. The second-order valence-corrected chi connectivity index (χ2v) is 5.52. The molecule has 21 heavy (non-hydrogen) atoms. The van der Waals surface area contributed by atoms with Crippen LogP contribution in [0.4, 0.5) is 26.3 Å². The number of rotatable bonds is 1. The molecule has 0 aliphatic heterocycles. The van der Waals surface area contributed by atoms with Gasteiger partial charge in [0.15, 0.2) is 0 Å². The molecule has 0 fully saturated rings. The highest BCUT2D eigenvalue weighted by Crippen LogP contribution is 2.39. The molecule has 2 aromatic carbocycles. The molecule has 0 saturated carbocycles. The zero-order valence-corrected chi connectivity index (χ0v) is 12.3. The molecular weight excluding hydrogens is 409 g/mol. The Bertz CT molecular complexity index is 657. The van der Waals surface area contributed by atoms with Crippen molar-refractivity contribution in [1.29, 1.82) is 0 Å². The summed E-state index contributed by atoms with van der Waals surface area (Å²) in [4.78, 5) is 0. The minimum absolute atomic E-state index is 0.109. The molecule has 2 aromatic rings. The van der Waals surface area contributed by atoms with Gasteiger partial charge in [-0.1, -0.05) is 18.2 Å². The highest BCUT2D eigenvalue weighted by molar-refractivity contribution is 14.1. The molecule has 0 aliphatic carbocycles. The highest BCUT2D eigenvalue weighted by atomic mass is 127. The Morgan fingerprint density at radius 2 is 1.38 bits per heavy atom. The van der Waals surface area contributed by atoms with Gasteiger partial charge in [-0.15, -0.1) is 0 Å². The first-order valence-corrected chi connectivity index (χ1v) is 6.71. The lowest BCUT2D eigenvalue weighted by Crippen LogP contribution is -2.08. The summed E-state index contributed by atoms with van der Waals surface area (Å²) in [5.41, 5.74) is -2.31. The Kier molecular flexibility index (Phi) is 4.23. The van der Waals surface area contributed by atoms with E-state index >= 15 is 0 Å². The van der Waals surface area contributed by atoms with Gasteiger partial charge in [0.2, 0.25) is 0 Å². The molecule has 0 saturated heterocycles. The van der Waals surface area contributed by atoms with Gasteiger partial charge in [0.1, 0.15) is 0 Å². The molecule has 0 N–H and O–H groups in total.